The normalized spacial score (nSPS) is 30.7. The molecule has 1 saturated heterocycles. The second kappa shape index (κ2) is 26.2. The van der Waals surface area contributed by atoms with Crippen LogP contribution in [-0.4, -0.2) is 174 Å². The Labute approximate surface area is 492 Å². The van der Waals surface area contributed by atoms with E-state index in [2.05, 4.69) is 21.3 Å². The van der Waals surface area contributed by atoms with Crippen LogP contribution in [0.4, 0.5) is 9.59 Å². The number of aliphatic carboxylic acids is 2. The average Bonchev–Trinajstić information content (AvgIpc) is 0.635. The van der Waals surface area contributed by atoms with E-state index in [1.54, 1.807) is 84.0 Å². The first-order valence-electron chi connectivity index (χ1n) is 28.6. The number of ketones is 1. The van der Waals surface area contributed by atoms with Crippen LogP contribution >= 0.6 is 0 Å². The summed E-state index contributed by atoms with van der Waals surface area (Å²) in [6.07, 6.45) is -1.49. The number of benzene rings is 1. The molecule has 1 aromatic carbocycles. The number of hydrogen-bond donors (Lipinski definition) is 7. The highest BCUT2D eigenvalue weighted by Crippen LogP contribution is 2.77. The molecule has 4 saturated carbocycles. The summed E-state index contributed by atoms with van der Waals surface area (Å²) in [7, 11) is 2.74. The number of nitrogens with one attached hydrogen (secondary N) is 4. The summed E-state index contributed by atoms with van der Waals surface area (Å²) in [5.41, 5.74) is -9.71. The van der Waals surface area contributed by atoms with Crippen LogP contribution in [0.3, 0.4) is 0 Å². The molecule has 0 spiro atoms. The van der Waals surface area contributed by atoms with Crippen molar-refractivity contribution in [2.75, 3.05) is 33.9 Å². The van der Waals surface area contributed by atoms with E-state index in [4.69, 9.17) is 43.0 Å². The van der Waals surface area contributed by atoms with Gasteiger partial charge in [0.25, 0.3) is 0 Å². The number of Topliss-reactive ketones (excluding diaryl/α,β-unsaturated/α-hetero) is 1. The molecular formula is C60H80N4O21. The molecule has 7 N–H and O–H groups in total. The number of aliphatic hydroxyl groups is 1. The van der Waals surface area contributed by atoms with Crippen LogP contribution in [0, 0.1) is 22.7 Å². The summed E-state index contributed by atoms with van der Waals surface area (Å²) in [6, 6.07) is 4.44. The number of ether oxygens (including phenoxy) is 8. The van der Waals surface area contributed by atoms with E-state index >= 15 is 9.59 Å². The fourth-order valence-electron chi connectivity index (χ4n) is 13.8. The number of carbonyl (C=O) groups is 10. The highest BCUT2D eigenvalue weighted by Gasteiger charge is 2.89. The molecule has 4 amide bonds. The molecule has 0 radical (unpaired) electrons. The Morgan fingerprint density at radius 2 is 1.56 bits per heavy atom. The van der Waals surface area contributed by atoms with Gasteiger partial charge in [-0.3, -0.25) is 24.0 Å². The standard InChI is InChI=1S/C60H80N4O21/c1-33-38(30-60(77)56(6)31-59(60,84-50(73)36-21-15-11-16-22-36)52-57(7,48(70)46(79-9)44(33)56)39(78-8)29-40-58(52,32-80-40)83-34(2)65)81-51(74)47(45(35-19-13-10-14-20-35)64-54(76)85-55(3,4)5)82-43(69)26-24-41(66)61-27-17-12-18-28-62-53(75)63-37(49(71)72)23-25-42(67)68/h10-11,13-16,19,21-22,35,37-40,45-47,52,77H,12,17-18,20,23-32H2,1-9H3,(H,61,66)(H,64,76)(H,67,68)(H,71,72)(H2,62,63,75). The van der Waals surface area contributed by atoms with Crippen molar-refractivity contribution in [1.29, 1.82) is 0 Å². The number of hydrogen-bond acceptors (Lipinski definition) is 19. The Balaban J connectivity index is 1.17. The van der Waals surface area contributed by atoms with Crippen molar-refractivity contribution in [3.05, 3.63) is 71.3 Å². The number of alkyl carbamates (subject to hydrolysis) is 1. The molecule has 1 aliphatic heterocycles. The maximum absolute atomic E-state index is 15.9. The van der Waals surface area contributed by atoms with Gasteiger partial charge in [-0.15, -0.1) is 0 Å². The second-order valence-electron chi connectivity index (χ2n) is 24.2. The third kappa shape index (κ3) is 13.1. The van der Waals surface area contributed by atoms with Crippen LogP contribution < -0.4 is 21.3 Å². The molecule has 85 heavy (non-hydrogen) atoms. The first-order chi connectivity index (χ1) is 40.0. The number of carbonyl (C=O) groups excluding carboxylic acids is 8. The van der Waals surface area contributed by atoms with E-state index in [0.29, 0.717) is 19.3 Å². The minimum absolute atomic E-state index is 0.0654. The van der Waals surface area contributed by atoms with Crippen molar-refractivity contribution >= 4 is 59.6 Å². The van der Waals surface area contributed by atoms with E-state index < -0.39 is 173 Å². The number of unbranched alkanes of at least 4 members (excludes halogenated alkanes) is 2. The van der Waals surface area contributed by atoms with Crippen LogP contribution in [0.15, 0.2) is 65.8 Å². The molecule has 25 nitrogen and oxygen atoms in total. The van der Waals surface area contributed by atoms with Crippen LogP contribution in [0.5, 0.6) is 0 Å². The van der Waals surface area contributed by atoms with E-state index in [1.165, 1.54) is 33.3 Å². The summed E-state index contributed by atoms with van der Waals surface area (Å²) in [4.78, 5) is 135. The van der Waals surface area contributed by atoms with Crippen molar-refractivity contribution in [3.63, 3.8) is 0 Å². The van der Waals surface area contributed by atoms with Gasteiger partial charge in [-0.2, -0.15) is 0 Å². The van der Waals surface area contributed by atoms with Crippen molar-refractivity contribution in [1.82, 2.24) is 21.3 Å². The monoisotopic (exact) mass is 1190 g/mol. The van der Waals surface area contributed by atoms with Crippen molar-refractivity contribution in [3.8, 4) is 0 Å². The number of fused-ring (bicyclic) bond motifs is 2. The molecule has 1 aromatic rings. The third-order valence-corrected chi connectivity index (χ3v) is 17.6. The SMILES string of the molecule is COC1C(=O)C2(C)C(OC)CC3OCC3(OC(C)=O)C2C2(OC(=O)c3ccccc3)CC3(C)C1=C(C)C(OC(=O)C(OC(=O)CCC(=O)NCCCCCNC(=O)NC(CCC(=O)O)C(=O)O)C(NC(=O)OC(C)(C)C)C1C=CC=CC1)CC32O. The summed E-state index contributed by atoms with van der Waals surface area (Å²) < 4.78 is 49.6. The average molecular weight is 1190 g/mol. The molecule has 14 unspecified atom stereocenters. The molecule has 5 fully saturated rings. The number of rotatable bonds is 25. The number of carboxylic acid groups (broad SMARTS) is 2. The number of urea groups is 1. The Bertz CT molecular complexity index is 2850. The van der Waals surface area contributed by atoms with Gasteiger partial charge >= 0.3 is 47.9 Å². The topological polar surface area (TPSA) is 353 Å². The van der Waals surface area contributed by atoms with Crippen molar-refractivity contribution in [2.24, 2.45) is 22.7 Å². The minimum atomic E-state index is -2.28. The zero-order valence-electron chi connectivity index (χ0n) is 49.5. The van der Waals surface area contributed by atoms with E-state index in [-0.39, 0.29) is 62.1 Å². The molecule has 466 valence electrons. The van der Waals surface area contributed by atoms with Gasteiger partial charge in [0.1, 0.15) is 35.6 Å². The van der Waals surface area contributed by atoms with Gasteiger partial charge in [0.15, 0.2) is 17.0 Å². The van der Waals surface area contributed by atoms with E-state index in [9.17, 15) is 48.6 Å². The van der Waals surface area contributed by atoms with Crippen LogP contribution in [0.25, 0.3) is 0 Å². The Morgan fingerprint density at radius 3 is 2.15 bits per heavy atom. The maximum Gasteiger partial charge on any atom is 0.408 e. The molecule has 4 bridgehead atoms. The van der Waals surface area contributed by atoms with Gasteiger partial charge in [-0.1, -0.05) is 49.4 Å². The predicted molar refractivity (Wildman–Crippen MR) is 297 cm³/mol. The van der Waals surface area contributed by atoms with Gasteiger partial charge in [-0.25, -0.2) is 24.0 Å². The highest BCUT2D eigenvalue weighted by atomic mass is 16.6. The lowest BCUT2D eigenvalue weighted by Crippen LogP contribution is -2.91. The van der Waals surface area contributed by atoms with Crippen molar-refractivity contribution < 1.29 is 101 Å². The largest absolute Gasteiger partial charge is 0.481 e. The van der Waals surface area contributed by atoms with Gasteiger partial charge in [0.05, 0.1) is 42.1 Å². The van der Waals surface area contributed by atoms with Crippen LogP contribution in [0.1, 0.15) is 129 Å². The minimum Gasteiger partial charge on any atom is -0.481 e. The van der Waals surface area contributed by atoms with Crippen LogP contribution in [0.2, 0.25) is 0 Å². The first-order valence-corrected chi connectivity index (χ1v) is 28.6. The number of methoxy groups -OCH3 is 2. The summed E-state index contributed by atoms with van der Waals surface area (Å²) in [6.45, 7) is 11.1. The second-order valence-corrected chi connectivity index (χ2v) is 24.2. The lowest BCUT2D eigenvalue weighted by molar-refractivity contribution is -0.404. The molecule has 8 rings (SSSR count). The number of allylic oxidation sites excluding steroid dienone is 3. The summed E-state index contributed by atoms with van der Waals surface area (Å²) >= 11 is 0. The third-order valence-electron chi connectivity index (χ3n) is 17.6. The van der Waals surface area contributed by atoms with E-state index in [0.717, 1.165) is 0 Å². The zero-order valence-corrected chi connectivity index (χ0v) is 49.5. The molecule has 0 aromatic heterocycles. The van der Waals surface area contributed by atoms with Crippen molar-refractivity contribution in [2.45, 2.75) is 184 Å². The molecule has 7 aliphatic rings. The Hall–Kier alpha value is -7.22. The molecule has 14 atom stereocenters. The Kier molecular flexibility index (Phi) is 20.1. The first kappa shape index (κ1) is 65.3. The number of amides is 4. The summed E-state index contributed by atoms with van der Waals surface area (Å²) in [5.74, 6) is -9.66. The summed E-state index contributed by atoms with van der Waals surface area (Å²) in [5, 5.41) is 42.4. The zero-order chi connectivity index (χ0) is 62.5. The maximum atomic E-state index is 15.9. The lowest BCUT2D eigenvalue weighted by Gasteiger charge is -2.78. The van der Waals surface area contributed by atoms with Crippen LogP contribution in [-0.2, 0) is 71.5 Å². The fraction of sp³-hybridized carbons (Fsp3) is 0.633. The van der Waals surface area contributed by atoms with Gasteiger partial charge in [-0.05, 0) is 90.0 Å². The molecule has 6 aliphatic carbocycles. The Morgan fingerprint density at radius 1 is 0.871 bits per heavy atom. The van der Waals surface area contributed by atoms with Gasteiger partial charge < -0.3 is 74.5 Å². The van der Waals surface area contributed by atoms with Gasteiger partial charge in [0, 0.05) is 77.7 Å². The fourth-order valence-corrected chi connectivity index (χ4v) is 13.8. The number of esters is 4. The molecular weight excluding hydrogens is 1110 g/mol. The quantitative estimate of drug-likeness (QED) is 0.0310. The molecule has 25 heteroatoms. The molecule has 1 heterocycles. The predicted octanol–water partition coefficient (Wildman–Crippen LogP) is 4.32. The lowest BCUT2D eigenvalue weighted by atomic mass is 9.31. The highest BCUT2D eigenvalue weighted by molar-refractivity contribution is 5.95. The smallest absolute Gasteiger partial charge is 0.408 e. The van der Waals surface area contributed by atoms with E-state index in [1.807, 2.05) is 0 Å². The number of carboxylic acids is 2. The van der Waals surface area contributed by atoms with Gasteiger partial charge in [0.2, 0.25) is 12.0 Å².